The van der Waals surface area contributed by atoms with E-state index >= 15 is 0 Å². The van der Waals surface area contributed by atoms with Crippen molar-refractivity contribution in [1.29, 1.82) is 0 Å². The van der Waals surface area contributed by atoms with Crippen LogP contribution in [-0.2, 0) is 24.6 Å². The Morgan fingerprint density at radius 3 is 1.93 bits per heavy atom. The number of hydrogen-bond acceptors (Lipinski definition) is 5. The molecule has 2 heterocycles. The molecule has 3 aromatic rings. The van der Waals surface area contributed by atoms with Gasteiger partial charge in [0.25, 0.3) is 11.8 Å². The van der Waals surface area contributed by atoms with Crippen LogP contribution in [0.3, 0.4) is 0 Å². The third kappa shape index (κ3) is 3.05. The highest BCUT2D eigenvalue weighted by molar-refractivity contribution is 6.32. The monoisotopic (exact) mass is 601 g/mol. The summed E-state index contributed by atoms with van der Waals surface area (Å²) in [6.45, 7) is 1.87. The van der Waals surface area contributed by atoms with Crippen LogP contribution in [0.25, 0.3) is 0 Å². The van der Waals surface area contributed by atoms with E-state index in [4.69, 9.17) is 16.7 Å². The standard InChI is InChI=1S/C36H28ClN3O4/c1-18-10-15-21(16-26(18)37)39-32(41)30-29-22-6-2-4-8-24(22)36(31(30)35(39)44,25-9-5-3-7-23(25)29)17-38-40-33(42)27-19-11-12-20(14-13-19)28(27)34(40)43/h2-12,15-17,19-20,27-31H,13-14H2,1H3/b38-17-/t19-,20-,27+,28+,29?,30+,31+,36?/m0/s1. The summed E-state index contributed by atoms with van der Waals surface area (Å²) in [4.78, 5) is 57.8. The van der Waals surface area contributed by atoms with Crippen LogP contribution in [0.2, 0.25) is 5.02 Å². The molecular weight excluding hydrogens is 574 g/mol. The minimum atomic E-state index is -1.17. The molecule has 7 nitrogen and oxygen atoms in total. The highest BCUT2D eigenvalue weighted by Crippen LogP contribution is 2.64. The zero-order chi connectivity index (χ0) is 30.1. The Labute approximate surface area is 259 Å². The fourth-order valence-electron chi connectivity index (χ4n) is 9.35. The van der Waals surface area contributed by atoms with Crippen molar-refractivity contribution in [2.24, 2.45) is 40.6 Å². The predicted molar refractivity (Wildman–Crippen MR) is 164 cm³/mol. The van der Waals surface area contributed by atoms with Gasteiger partial charge in [-0.1, -0.05) is 78.4 Å². The van der Waals surface area contributed by atoms with Gasteiger partial charge in [0.15, 0.2) is 0 Å². The van der Waals surface area contributed by atoms with Crippen LogP contribution in [0.4, 0.5) is 5.69 Å². The van der Waals surface area contributed by atoms with Crippen LogP contribution in [0.15, 0.2) is 84.0 Å². The molecule has 4 amide bonds. The van der Waals surface area contributed by atoms with Gasteiger partial charge in [0.2, 0.25) is 11.8 Å². The molecule has 8 heteroatoms. The molecule has 2 aliphatic heterocycles. The van der Waals surface area contributed by atoms with Gasteiger partial charge in [0, 0.05) is 17.2 Å². The molecule has 11 rings (SSSR count). The van der Waals surface area contributed by atoms with Crippen molar-refractivity contribution in [2.75, 3.05) is 4.90 Å². The van der Waals surface area contributed by atoms with Crippen molar-refractivity contribution in [2.45, 2.75) is 31.1 Å². The molecule has 0 radical (unpaired) electrons. The Kier molecular flexibility index (Phi) is 5.25. The predicted octanol–water partition coefficient (Wildman–Crippen LogP) is 5.38. The van der Waals surface area contributed by atoms with E-state index < -0.39 is 29.1 Å². The zero-order valence-electron chi connectivity index (χ0n) is 23.9. The van der Waals surface area contributed by atoms with Gasteiger partial charge < -0.3 is 0 Å². The molecule has 0 aromatic heterocycles. The number of carbonyl (C=O) groups is 4. The number of allylic oxidation sites excluding steroid dienone is 2. The Morgan fingerprint density at radius 2 is 1.36 bits per heavy atom. The number of amides is 4. The molecule has 0 spiro atoms. The lowest BCUT2D eigenvalue weighted by atomic mass is 9.47. The number of anilines is 1. The third-order valence-corrected chi connectivity index (χ3v) is 11.6. The summed E-state index contributed by atoms with van der Waals surface area (Å²) >= 11 is 6.47. The molecule has 6 aliphatic carbocycles. The number of fused-ring (bicyclic) bond motifs is 1. The van der Waals surface area contributed by atoms with E-state index in [1.165, 1.54) is 4.90 Å². The first-order chi connectivity index (χ1) is 21.3. The summed E-state index contributed by atoms with van der Waals surface area (Å²) in [5.74, 6) is -3.72. The third-order valence-electron chi connectivity index (χ3n) is 11.2. The van der Waals surface area contributed by atoms with Crippen LogP contribution < -0.4 is 4.90 Å². The molecule has 3 aromatic carbocycles. The first-order valence-corrected chi connectivity index (χ1v) is 15.6. The van der Waals surface area contributed by atoms with E-state index in [2.05, 4.69) is 12.2 Å². The molecule has 8 aliphatic rings. The number of hydrazone groups is 1. The van der Waals surface area contributed by atoms with Gasteiger partial charge in [-0.25, -0.2) is 4.90 Å². The highest BCUT2D eigenvalue weighted by atomic mass is 35.5. The van der Waals surface area contributed by atoms with Crippen molar-refractivity contribution in [3.8, 4) is 0 Å². The average Bonchev–Trinajstić information content (AvgIpc) is 3.48. The van der Waals surface area contributed by atoms with Gasteiger partial charge in [0.1, 0.15) is 0 Å². The van der Waals surface area contributed by atoms with Crippen LogP contribution in [0.1, 0.15) is 46.6 Å². The van der Waals surface area contributed by atoms with E-state index in [1.54, 1.807) is 18.3 Å². The summed E-state index contributed by atoms with van der Waals surface area (Å²) in [7, 11) is 0. The molecule has 3 fully saturated rings. The van der Waals surface area contributed by atoms with Crippen molar-refractivity contribution in [3.63, 3.8) is 0 Å². The Morgan fingerprint density at radius 1 is 0.773 bits per heavy atom. The fraction of sp³-hybridized carbons (Fsp3) is 0.306. The van der Waals surface area contributed by atoms with Crippen molar-refractivity contribution in [1.82, 2.24) is 5.01 Å². The second-order valence-corrected chi connectivity index (χ2v) is 13.5. The number of imide groups is 2. The number of hydrogen-bond donors (Lipinski definition) is 0. The van der Waals surface area contributed by atoms with Crippen LogP contribution in [0, 0.1) is 42.4 Å². The maximum Gasteiger partial charge on any atom is 0.254 e. The summed E-state index contributed by atoms with van der Waals surface area (Å²) < 4.78 is 0. The number of rotatable bonds is 3. The molecule has 0 N–H and O–H groups in total. The van der Waals surface area contributed by atoms with E-state index in [0.29, 0.717) is 10.7 Å². The molecule has 218 valence electrons. The first kappa shape index (κ1) is 26.1. The summed E-state index contributed by atoms with van der Waals surface area (Å²) in [6, 6.07) is 21.0. The van der Waals surface area contributed by atoms with Crippen LogP contribution >= 0.6 is 11.6 Å². The van der Waals surface area contributed by atoms with Crippen molar-refractivity contribution < 1.29 is 19.2 Å². The van der Waals surface area contributed by atoms with Crippen LogP contribution in [-0.4, -0.2) is 34.9 Å². The highest BCUT2D eigenvalue weighted by Gasteiger charge is 2.68. The molecule has 44 heavy (non-hydrogen) atoms. The average molecular weight is 602 g/mol. The molecule has 0 unspecified atom stereocenters. The second-order valence-electron chi connectivity index (χ2n) is 13.0. The Hall–Kier alpha value is -4.36. The summed E-state index contributed by atoms with van der Waals surface area (Å²) in [5.41, 5.74) is 3.77. The van der Waals surface area contributed by atoms with Crippen molar-refractivity contribution >= 4 is 47.1 Å². The van der Waals surface area contributed by atoms with E-state index in [1.807, 2.05) is 61.5 Å². The summed E-state index contributed by atoms with van der Waals surface area (Å²) in [5, 5.41) is 6.25. The number of benzene rings is 3. The van der Waals surface area contributed by atoms with Gasteiger partial charge in [-0.05, 0) is 71.6 Å². The molecule has 1 saturated carbocycles. The second kappa shape index (κ2) is 8.85. The number of nitrogens with zero attached hydrogens (tertiary/aromatic N) is 3. The van der Waals surface area contributed by atoms with Gasteiger partial charge in [-0.2, -0.15) is 10.1 Å². The normalized spacial score (nSPS) is 34.2. The SMILES string of the molecule is Cc1ccc(N2C(=O)[C@@H]3C4c5ccccc5C(/C=N\N5C(=O)[C@H]6[C@H](C5=O)[C@H]5C=C[C@H]6CC5)(c5ccccc54)[C@H]3C2=O)cc1Cl. The lowest BCUT2D eigenvalue weighted by molar-refractivity contribution is -0.140. The van der Waals surface area contributed by atoms with E-state index in [-0.39, 0.29) is 41.4 Å². The number of aryl methyl sites for hydroxylation is 1. The van der Waals surface area contributed by atoms with E-state index in [0.717, 1.165) is 45.7 Å². The van der Waals surface area contributed by atoms with Crippen molar-refractivity contribution in [3.05, 3.63) is 112 Å². The van der Waals surface area contributed by atoms with Crippen LogP contribution in [0.5, 0.6) is 0 Å². The largest absolute Gasteiger partial charge is 0.274 e. The molecule has 2 saturated heterocycles. The summed E-state index contributed by atoms with van der Waals surface area (Å²) in [6.07, 6.45) is 7.59. The minimum Gasteiger partial charge on any atom is -0.274 e. The lowest BCUT2D eigenvalue weighted by Gasteiger charge is -2.52. The van der Waals surface area contributed by atoms with Gasteiger partial charge >= 0.3 is 0 Å². The fourth-order valence-corrected chi connectivity index (χ4v) is 9.52. The Balaban J connectivity index is 1.24. The maximum absolute atomic E-state index is 14.6. The van der Waals surface area contributed by atoms with Gasteiger partial charge in [-0.3, -0.25) is 19.2 Å². The molecule has 4 bridgehead atoms. The lowest BCUT2D eigenvalue weighted by Crippen LogP contribution is -2.55. The first-order valence-electron chi connectivity index (χ1n) is 15.3. The minimum absolute atomic E-state index is 0.0414. The smallest absolute Gasteiger partial charge is 0.254 e. The maximum atomic E-state index is 14.6. The van der Waals surface area contributed by atoms with Gasteiger partial charge in [0.05, 0.1) is 34.8 Å². The zero-order valence-corrected chi connectivity index (χ0v) is 24.6. The van der Waals surface area contributed by atoms with E-state index in [9.17, 15) is 19.2 Å². The number of carbonyl (C=O) groups excluding carboxylic acids is 4. The number of halogens is 1. The molecule has 6 atom stereocenters. The molecular formula is C36H28ClN3O4. The topological polar surface area (TPSA) is 87.1 Å². The Bertz CT molecular complexity index is 1830. The van der Waals surface area contributed by atoms with Gasteiger partial charge in [-0.15, -0.1) is 0 Å². The quantitative estimate of drug-likeness (QED) is 0.229.